The number of benzene rings is 7. The molecule has 0 radical (unpaired) electrons. The van der Waals surface area contributed by atoms with Gasteiger partial charge in [-0.2, -0.15) is 0 Å². The Balaban J connectivity index is 1.46. The lowest BCUT2D eigenvalue weighted by Gasteiger charge is -2.16. The van der Waals surface area contributed by atoms with E-state index in [4.69, 9.17) is 0 Å². The molecule has 0 unspecified atom stereocenters. The molecule has 0 N–H and O–H groups in total. The zero-order chi connectivity index (χ0) is 26.1. The number of nitrogens with zero attached hydrogens (tertiary/aromatic N) is 1. The van der Waals surface area contributed by atoms with Gasteiger partial charge in [-0.1, -0.05) is 96.1 Å². The minimum atomic E-state index is 1.18. The molecule has 1 nitrogen and oxygen atoms in total. The van der Waals surface area contributed by atoms with Crippen LogP contribution < -0.4 is 0 Å². The number of rotatable bonds is 2. The van der Waals surface area contributed by atoms with Crippen molar-refractivity contribution < 1.29 is 0 Å². The maximum atomic E-state index is 2.43. The van der Waals surface area contributed by atoms with E-state index in [1.807, 2.05) is 0 Å². The molecule has 1 heterocycles. The third kappa shape index (κ3) is 3.33. The molecule has 0 aliphatic carbocycles. The lowest BCUT2D eigenvalue weighted by Crippen LogP contribution is -1.95. The van der Waals surface area contributed by atoms with Gasteiger partial charge in [0.15, 0.2) is 0 Å². The van der Waals surface area contributed by atoms with Crippen LogP contribution in [0.4, 0.5) is 0 Å². The fourth-order valence-corrected chi connectivity index (χ4v) is 6.46. The van der Waals surface area contributed by atoms with E-state index in [2.05, 4.69) is 146 Å². The van der Waals surface area contributed by atoms with Crippen molar-refractivity contribution in [1.29, 1.82) is 0 Å². The molecule has 184 valence electrons. The Morgan fingerprint density at radius 2 is 1.08 bits per heavy atom. The highest BCUT2D eigenvalue weighted by atomic mass is 15.0. The number of hydrogen-bond acceptors (Lipinski definition) is 0. The average molecular weight is 498 g/mol. The maximum Gasteiger partial charge on any atom is 0.0541 e. The molecule has 0 aliphatic heterocycles. The molecule has 1 heteroatoms. The summed E-state index contributed by atoms with van der Waals surface area (Å²) in [5.74, 6) is 0. The first-order valence-electron chi connectivity index (χ1n) is 13.6. The largest absolute Gasteiger partial charge is 0.309 e. The number of fused-ring (bicyclic) bond motifs is 7. The van der Waals surface area contributed by atoms with Gasteiger partial charge in [0, 0.05) is 16.5 Å². The average Bonchev–Trinajstić information content (AvgIpc) is 3.28. The topological polar surface area (TPSA) is 4.93 Å². The molecule has 0 atom stereocenters. The molecule has 0 aliphatic rings. The number of hydrogen-bond donors (Lipinski definition) is 0. The van der Waals surface area contributed by atoms with Gasteiger partial charge in [-0.15, -0.1) is 0 Å². The monoisotopic (exact) mass is 497 g/mol. The first-order valence-corrected chi connectivity index (χ1v) is 13.6. The van der Waals surface area contributed by atoms with Gasteiger partial charge < -0.3 is 4.57 Å². The van der Waals surface area contributed by atoms with Crippen LogP contribution in [0.15, 0.2) is 127 Å². The molecule has 0 spiro atoms. The van der Waals surface area contributed by atoms with Gasteiger partial charge in [0.05, 0.1) is 11.0 Å². The van der Waals surface area contributed by atoms with Crippen LogP contribution in [-0.4, -0.2) is 4.57 Å². The zero-order valence-corrected chi connectivity index (χ0v) is 22.1. The van der Waals surface area contributed by atoms with Crippen molar-refractivity contribution in [3.8, 4) is 16.8 Å². The highest BCUT2D eigenvalue weighted by Gasteiger charge is 2.16. The van der Waals surface area contributed by atoms with E-state index in [-0.39, 0.29) is 0 Å². The third-order valence-corrected chi connectivity index (χ3v) is 8.24. The van der Waals surface area contributed by atoms with Crippen molar-refractivity contribution in [3.63, 3.8) is 0 Å². The number of aryl methyl sites for hydroxylation is 2. The Kier molecular flexibility index (Phi) is 4.72. The highest BCUT2D eigenvalue weighted by Crippen LogP contribution is 2.41. The molecule has 39 heavy (non-hydrogen) atoms. The first kappa shape index (κ1) is 22.1. The van der Waals surface area contributed by atoms with Crippen LogP contribution in [0.3, 0.4) is 0 Å². The summed E-state index contributed by atoms with van der Waals surface area (Å²) in [5, 5.41) is 10.3. The van der Waals surface area contributed by atoms with Crippen molar-refractivity contribution in [2.75, 3.05) is 0 Å². The predicted octanol–water partition coefficient (Wildman–Crippen LogP) is 10.5. The van der Waals surface area contributed by atoms with E-state index in [1.165, 1.54) is 82.1 Å². The van der Waals surface area contributed by atoms with E-state index in [0.717, 1.165) is 0 Å². The van der Waals surface area contributed by atoms with Crippen LogP contribution in [0.5, 0.6) is 0 Å². The molecule has 7 aromatic carbocycles. The van der Waals surface area contributed by atoms with Gasteiger partial charge in [-0.25, -0.2) is 0 Å². The van der Waals surface area contributed by atoms with E-state index < -0.39 is 0 Å². The predicted molar refractivity (Wildman–Crippen MR) is 168 cm³/mol. The minimum absolute atomic E-state index is 1.18. The lowest BCUT2D eigenvalue weighted by atomic mass is 9.90. The van der Waals surface area contributed by atoms with Gasteiger partial charge in [0.2, 0.25) is 0 Å². The zero-order valence-electron chi connectivity index (χ0n) is 22.1. The highest BCUT2D eigenvalue weighted by molar-refractivity contribution is 6.20. The van der Waals surface area contributed by atoms with E-state index >= 15 is 0 Å². The Labute approximate surface area is 227 Å². The van der Waals surface area contributed by atoms with Crippen molar-refractivity contribution in [1.82, 2.24) is 4.57 Å². The van der Waals surface area contributed by atoms with Gasteiger partial charge in [0.25, 0.3) is 0 Å². The summed E-state index contributed by atoms with van der Waals surface area (Å²) >= 11 is 0. The summed E-state index contributed by atoms with van der Waals surface area (Å²) < 4.78 is 2.43. The standard InChI is InChI=1S/C38H27N/c1-24-14-18-36-34(20-24)35-21-25(2)15-19-37(35)39(36)29-11-7-10-28(22-29)38-31-13-6-4-9-27(31)23-33-30-12-5-3-8-26(30)16-17-32(33)38/h3-23H,1-2H3. The molecular formula is C38H27N. The molecule has 8 rings (SSSR count). The van der Waals surface area contributed by atoms with Crippen LogP contribution in [0, 0.1) is 13.8 Å². The molecule has 0 saturated heterocycles. The van der Waals surface area contributed by atoms with Crippen molar-refractivity contribution in [2.45, 2.75) is 13.8 Å². The Morgan fingerprint density at radius 3 is 1.82 bits per heavy atom. The van der Waals surface area contributed by atoms with Gasteiger partial charge in [-0.05, 0) is 99.8 Å². The maximum absolute atomic E-state index is 2.43. The smallest absolute Gasteiger partial charge is 0.0541 e. The molecule has 1 aromatic heterocycles. The van der Waals surface area contributed by atoms with Crippen LogP contribution in [0.25, 0.3) is 70.9 Å². The van der Waals surface area contributed by atoms with E-state index in [9.17, 15) is 0 Å². The van der Waals surface area contributed by atoms with E-state index in [1.54, 1.807) is 0 Å². The fourth-order valence-electron chi connectivity index (χ4n) is 6.46. The summed E-state index contributed by atoms with van der Waals surface area (Å²) in [7, 11) is 0. The molecule has 8 aromatic rings. The second kappa shape index (κ2) is 8.31. The minimum Gasteiger partial charge on any atom is -0.309 e. The van der Waals surface area contributed by atoms with Crippen LogP contribution >= 0.6 is 0 Å². The Bertz CT molecular complexity index is 2190. The van der Waals surface area contributed by atoms with E-state index in [0.29, 0.717) is 0 Å². The van der Waals surface area contributed by atoms with Crippen molar-refractivity contribution >= 4 is 54.1 Å². The third-order valence-electron chi connectivity index (χ3n) is 8.24. The van der Waals surface area contributed by atoms with Gasteiger partial charge in [-0.3, -0.25) is 0 Å². The lowest BCUT2D eigenvalue weighted by molar-refractivity contribution is 1.18. The normalized spacial score (nSPS) is 11.8. The van der Waals surface area contributed by atoms with Crippen LogP contribution in [-0.2, 0) is 0 Å². The second-order valence-electron chi connectivity index (χ2n) is 10.8. The molecule has 0 amide bonds. The van der Waals surface area contributed by atoms with Gasteiger partial charge >= 0.3 is 0 Å². The first-order chi connectivity index (χ1) is 19.2. The summed E-state index contributed by atoms with van der Waals surface area (Å²) in [6.07, 6.45) is 0. The SMILES string of the molecule is Cc1ccc2c(c1)c1cc(C)ccc1n2-c1cccc(-c2c3ccccc3cc3c2ccc2ccccc23)c1. The molecule has 0 fully saturated rings. The quantitative estimate of drug-likeness (QED) is 0.165. The van der Waals surface area contributed by atoms with Crippen molar-refractivity contribution in [2.24, 2.45) is 0 Å². The second-order valence-corrected chi connectivity index (χ2v) is 10.8. The summed E-state index contributed by atoms with van der Waals surface area (Å²) in [6, 6.07) is 47.1. The summed E-state index contributed by atoms with van der Waals surface area (Å²) in [6.45, 7) is 4.35. The van der Waals surface area contributed by atoms with Gasteiger partial charge in [0.1, 0.15) is 0 Å². The fraction of sp³-hybridized carbons (Fsp3) is 0.0526. The Hall–Kier alpha value is -4.88. The molecule has 0 bridgehead atoms. The molecular weight excluding hydrogens is 470 g/mol. The number of aromatic nitrogens is 1. The van der Waals surface area contributed by atoms with Crippen LogP contribution in [0.1, 0.15) is 11.1 Å². The Morgan fingerprint density at radius 1 is 0.410 bits per heavy atom. The van der Waals surface area contributed by atoms with Crippen LogP contribution in [0.2, 0.25) is 0 Å². The summed E-state index contributed by atoms with van der Waals surface area (Å²) in [5.41, 5.74) is 8.76. The molecule has 0 saturated carbocycles. The summed E-state index contributed by atoms with van der Waals surface area (Å²) in [4.78, 5) is 0. The van der Waals surface area contributed by atoms with Crippen molar-refractivity contribution in [3.05, 3.63) is 139 Å².